The number of hydrogen-bond donors (Lipinski definition) is 3. The smallest absolute Gasteiger partial charge is 0.402 e. The number of nitrogens with zero attached hydrogens (tertiary/aromatic N) is 1. The van der Waals surface area contributed by atoms with E-state index in [0.717, 1.165) is 23.1 Å². The van der Waals surface area contributed by atoms with Crippen molar-refractivity contribution < 1.29 is 24.3 Å². The minimum Gasteiger partial charge on any atom is -0.402 e. The van der Waals surface area contributed by atoms with Crippen LogP contribution in [0, 0.1) is 13.8 Å². The molecular weight excluding hydrogens is 323 g/mol. The van der Waals surface area contributed by atoms with Crippen molar-refractivity contribution in [2.75, 3.05) is 13.1 Å². The van der Waals surface area contributed by atoms with Gasteiger partial charge in [-0.25, -0.2) is 0 Å². The van der Waals surface area contributed by atoms with Crippen molar-refractivity contribution >= 4 is 19.1 Å². The van der Waals surface area contributed by atoms with Gasteiger partial charge in [0.15, 0.2) is 0 Å². The number of amides is 2. The molecule has 0 unspecified atom stereocenters. The van der Waals surface area contributed by atoms with Crippen molar-refractivity contribution in [2.45, 2.75) is 45.8 Å². The Bertz CT molecular complexity index is 623. The van der Waals surface area contributed by atoms with Crippen LogP contribution in [0.5, 0.6) is 0 Å². The predicted octanol–water partition coefficient (Wildman–Crippen LogP) is 0.287. The van der Waals surface area contributed by atoms with Crippen molar-refractivity contribution in [1.29, 1.82) is 0 Å². The maximum atomic E-state index is 12.1. The molecule has 1 heterocycles. The fraction of sp³-hybridized carbons (Fsp3) is 0.529. The highest BCUT2D eigenvalue weighted by molar-refractivity contribution is 6.32. The van der Waals surface area contributed by atoms with Gasteiger partial charge in [0.25, 0.3) is 0 Å². The van der Waals surface area contributed by atoms with Gasteiger partial charge in [-0.05, 0) is 37.0 Å². The summed E-state index contributed by atoms with van der Waals surface area (Å²) in [5.74, 6) is -0.226. The van der Waals surface area contributed by atoms with E-state index in [1.807, 2.05) is 32.0 Å². The molecule has 1 aromatic rings. The number of benzene rings is 1. The summed E-state index contributed by atoms with van der Waals surface area (Å²) in [5, 5.41) is 20.8. The molecule has 0 bridgehead atoms. The Labute approximate surface area is 148 Å². The summed E-state index contributed by atoms with van der Waals surface area (Å²) >= 11 is 0. The largest absolute Gasteiger partial charge is 0.635 e. The fourth-order valence-electron chi connectivity index (χ4n) is 2.85. The Morgan fingerprint density at radius 3 is 2.72 bits per heavy atom. The van der Waals surface area contributed by atoms with Gasteiger partial charge in [0.1, 0.15) is 6.23 Å². The van der Waals surface area contributed by atoms with Gasteiger partial charge in [-0.1, -0.05) is 18.2 Å². The highest BCUT2D eigenvalue weighted by atomic mass is 16.6. The fourth-order valence-corrected chi connectivity index (χ4v) is 2.85. The van der Waals surface area contributed by atoms with Crippen LogP contribution in [-0.4, -0.2) is 53.4 Å². The summed E-state index contributed by atoms with van der Waals surface area (Å²) in [4.78, 5) is 25.3. The van der Waals surface area contributed by atoms with Crippen LogP contribution >= 0.6 is 0 Å². The maximum absolute atomic E-state index is 12.1. The summed E-state index contributed by atoms with van der Waals surface area (Å²) in [7, 11) is -1.97. The van der Waals surface area contributed by atoms with E-state index in [9.17, 15) is 9.59 Å². The van der Waals surface area contributed by atoms with Crippen LogP contribution in [0.3, 0.4) is 0 Å². The molecule has 1 atom stereocenters. The van der Waals surface area contributed by atoms with E-state index < -0.39 is 13.5 Å². The van der Waals surface area contributed by atoms with Gasteiger partial charge in [-0.2, -0.15) is 0 Å². The molecule has 0 aromatic heterocycles. The quantitative estimate of drug-likeness (QED) is 0.463. The van der Waals surface area contributed by atoms with Gasteiger partial charge >= 0.3 is 7.32 Å². The second kappa shape index (κ2) is 8.98. The SMILES string of the molecule is Cc1ccc(C[C@H](NC(=O)CCN2CCCC2=O)OB(O)O)cc1C. The van der Waals surface area contributed by atoms with Gasteiger partial charge in [0.2, 0.25) is 11.8 Å². The Morgan fingerprint density at radius 1 is 1.36 bits per heavy atom. The molecule has 1 aromatic carbocycles. The monoisotopic (exact) mass is 348 g/mol. The number of nitrogens with one attached hydrogen (secondary N) is 1. The Hall–Kier alpha value is -1.90. The first-order valence-electron chi connectivity index (χ1n) is 8.50. The summed E-state index contributed by atoms with van der Waals surface area (Å²) in [6, 6.07) is 5.86. The second-order valence-corrected chi connectivity index (χ2v) is 6.38. The minimum absolute atomic E-state index is 0.0708. The van der Waals surface area contributed by atoms with Crippen molar-refractivity contribution in [1.82, 2.24) is 10.2 Å². The summed E-state index contributed by atoms with van der Waals surface area (Å²) in [5.41, 5.74) is 3.19. The van der Waals surface area contributed by atoms with Crippen molar-refractivity contribution in [3.05, 3.63) is 34.9 Å². The summed E-state index contributed by atoms with van der Waals surface area (Å²) in [6.07, 6.45) is 0.976. The van der Waals surface area contributed by atoms with Crippen LogP contribution in [0.1, 0.15) is 36.0 Å². The van der Waals surface area contributed by atoms with Crippen molar-refractivity contribution in [3.8, 4) is 0 Å². The molecule has 0 spiro atoms. The standard InChI is InChI=1S/C17H25BN2O5/c1-12-5-6-14(10-13(12)2)11-16(25-18(23)24)19-15(21)7-9-20-8-3-4-17(20)22/h5-6,10,16,23-24H,3-4,7-9,11H2,1-2H3,(H,19,21)/t16-/m1/s1. The average molecular weight is 348 g/mol. The number of hydrogen-bond acceptors (Lipinski definition) is 5. The lowest BCUT2D eigenvalue weighted by atomic mass is 10.0. The minimum atomic E-state index is -1.97. The van der Waals surface area contributed by atoms with E-state index in [2.05, 4.69) is 5.32 Å². The lowest BCUT2D eigenvalue weighted by Crippen LogP contribution is -2.43. The Balaban J connectivity index is 1.90. The van der Waals surface area contributed by atoms with Crippen LogP contribution in [0.25, 0.3) is 0 Å². The molecule has 3 N–H and O–H groups in total. The Kier molecular flexibility index (Phi) is 6.98. The molecular formula is C17H25BN2O5. The highest BCUT2D eigenvalue weighted by Crippen LogP contribution is 2.13. The molecule has 1 aliphatic rings. The zero-order chi connectivity index (χ0) is 18.4. The molecule has 25 heavy (non-hydrogen) atoms. The molecule has 2 amide bonds. The molecule has 7 nitrogen and oxygen atoms in total. The molecule has 2 rings (SSSR count). The van der Waals surface area contributed by atoms with Crippen LogP contribution < -0.4 is 5.32 Å². The van der Waals surface area contributed by atoms with Gasteiger partial charge in [0, 0.05) is 32.4 Å². The zero-order valence-electron chi connectivity index (χ0n) is 14.7. The van der Waals surface area contributed by atoms with Crippen molar-refractivity contribution in [2.24, 2.45) is 0 Å². The lowest BCUT2D eigenvalue weighted by Gasteiger charge is -2.21. The molecule has 136 valence electrons. The third kappa shape index (κ3) is 6.15. The van der Waals surface area contributed by atoms with Crippen LogP contribution in [-0.2, 0) is 20.7 Å². The van der Waals surface area contributed by atoms with E-state index >= 15 is 0 Å². The van der Waals surface area contributed by atoms with E-state index in [-0.39, 0.29) is 18.2 Å². The predicted molar refractivity (Wildman–Crippen MR) is 93.3 cm³/mol. The van der Waals surface area contributed by atoms with E-state index in [0.29, 0.717) is 25.9 Å². The molecule has 1 fully saturated rings. The molecule has 0 saturated carbocycles. The molecule has 1 aliphatic heterocycles. The lowest BCUT2D eigenvalue weighted by molar-refractivity contribution is -0.129. The zero-order valence-corrected chi connectivity index (χ0v) is 14.7. The Morgan fingerprint density at radius 2 is 2.12 bits per heavy atom. The number of carbonyl (C=O) groups is 2. The third-order valence-electron chi connectivity index (χ3n) is 4.38. The number of aryl methyl sites for hydroxylation is 2. The summed E-state index contributed by atoms with van der Waals surface area (Å²) in [6.45, 7) is 5.04. The average Bonchev–Trinajstić information content (AvgIpc) is 2.93. The van der Waals surface area contributed by atoms with Crippen LogP contribution in [0.4, 0.5) is 0 Å². The first-order valence-corrected chi connectivity index (χ1v) is 8.50. The number of carbonyl (C=O) groups excluding carboxylic acids is 2. The first-order chi connectivity index (χ1) is 11.8. The number of rotatable bonds is 8. The van der Waals surface area contributed by atoms with E-state index in [1.54, 1.807) is 4.90 Å². The van der Waals surface area contributed by atoms with Crippen LogP contribution in [0.2, 0.25) is 0 Å². The third-order valence-corrected chi connectivity index (χ3v) is 4.38. The number of likely N-dealkylation sites (tertiary alicyclic amines) is 1. The van der Waals surface area contributed by atoms with Gasteiger partial charge in [-0.3, -0.25) is 9.59 Å². The van der Waals surface area contributed by atoms with Gasteiger partial charge < -0.3 is 24.9 Å². The van der Waals surface area contributed by atoms with Gasteiger partial charge in [0.05, 0.1) is 0 Å². The molecule has 1 saturated heterocycles. The topological polar surface area (TPSA) is 99.1 Å². The molecule has 0 radical (unpaired) electrons. The highest BCUT2D eigenvalue weighted by Gasteiger charge is 2.23. The summed E-state index contributed by atoms with van der Waals surface area (Å²) < 4.78 is 4.99. The van der Waals surface area contributed by atoms with Crippen molar-refractivity contribution in [3.63, 3.8) is 0 Å². The normalized spacial score (nSPS) is 15.4. The first kappa shape index (κ1) is 19.4. The van der Waals surface area contributed by atoms with Gasteiger partial charge in [-0.15, -0.1) is 0 Å². The molecule has 8 heteroatoms. The van der Waals surface area contributed by atoms with E-state index in [4.69, 9.17) is 14.7 Å². The van der Waals surface area contributed by atoms with Crippen LogP contribution in [0.15, 0.2) is 18.2 Å². The molecule has 0 aliphatic carbocycles. The second-order valence-electron chi connectivity index (χ2n) is 6.38. The van der Waals surface area contributed by atoms with E-state index in [1.165, 1.54) is 0 Å². The maximum Gasteiger partial charge on any atom is 0.635 e.